The second-order valence-electron chi connectivity index (χ2n) is 14.5. The van der Waals surface area contributed by atoms with Crippen LogP contribution in [0, 0.1) is 0 Å². The summed E-state index contributed by atoms with van der Waals surface area (Å²) >= 11 is 1.86. The van der Waals surface area contributed by atoms with Gasteiger partial charge in [-0.2, -0.15) is 0 Å². The molecule has 1 heterocycles. The predicted octanol–water partition coefficient (Wildman–Crippen LogP) is 14.2. The van der Waals surface area contributed by atoms with Crippen molar-refractivity contribution >= 4 is 70.1 Å². The van der Waals surface area contributed by atoms with Crippen molar-refractivity contribution in [2.24, 2.45) is 0 Å². The topological polar surface area (TPSA) is 3.24 Å². The summed E-state index contributed by atoms with van der Waals surface area (Å²) in [5.41, 5.74) is 13.8. The molecule has 10 aromatic rings. The number of para-hydroxylation sites is 1. The summed E-state index contributed by atoms with van der Waals surface area (Å²) in [5.74, 6) is 0. The van der Waals surface area contributed by atoms with Crippen LogP contribution in [0.1, 0.15) is 22.3 Å². The molecule has 12 rings (SSSR count). The lowest BCUT2D eigenvalue weighted by molar-refractivity contribution is 0.796. The average Bonchev–Trinajstić information content (AvgIpc) is 3.83. The summed E-state index contributed by atoms with van der Waals surface area (Å²) in [6.07, 6.45) is 0. The molecule has 2 aliphatic carbocycles. The summed E-state index contributed by atoms with van der Waals surface area (Å²) in [4.78, 5) is 2.41. The Labute approximate surface area is 311 Å². The maximum Gasteiger partial charge on any atom is 0.0725 e. The summed E-state index contributed by atoms with van der Waals surface area (Å²) in [6.45, 7) is 0. The van der Waals surface area contributed by atoms with Crippen molar-refractivity contribution in [2.75, 3.05) is 4.90 Å². The van der Waals surface area contributed by atoms with Gasteiger partial charge in [-0.3, -0.25) is 0 Å². The molecule has 0 bridgehead atoms. The molecule has 0 saturated carbocycles. The molecule has 9 aromatic carbocycles. The molecule has 2 heteroatoms. The van der Waals surface area contributed by atoms with Crippen molar-refractivity contribution in [3.8, 4) is 22.3 Å². The molecule has 0 radical (unpaired) electrons. The lowest BCUT2D eigenvalue weighted by Gasteiger charge is -2.31. The molecule has 1 aromatic heterocycles. The predicted molar refractivity (Wildman–Crippen MR) is 225 cm³/mol. The van der Waals surface area contributed by atoms with Crippen molar-refractivity contribution in [2.45, 2.75) is 5.41 Å². The van der Waals surface area contributed by atoms with E-state index in [-0.39, 0.29) is 0 Å². The molecular formula is C51H31NS. The standard InChI is InChI=1S/C51H31NS/c1-2-14-36(15-3-1)52(38-24-25-50-44(31-38)41-18-8-11-21-49(41)53-50)37-23-22-34-28-43-42-27-32-12-4-5-13-33(32)29-47(42)51(48(43)30-35(34)26-37)45-19-9-6-16-39(45)40-17-7-10-20-46(40)51/h1-31H. The lowest BCUT2D eigenvalue weighted by atomic mass is 9.70. The number of thiophene rings is 1. The minimum absolute atomic E-state index is 0.407. The van der Waals surface area contributed by atoms with E-state index in [0.717, 1.165) is 17.1 Å². The Morgan fingerprint density at radius 1 is 0.321 bits per heavy atom. The average molecular weight is 690 g/mol. The van der Waals surface area contributed by atoms with Crippen LogP contribution in [0.15, 0.2) is 188 Å². The van der Waals surface area contributed by atoms with Gasteiger partial charge in [0.25, 0.3) is 0 Å². The highest BCUT2D eigenvalue weighted by molar-refractivity contribution is 7.25. The molecule has 1 nitrogen and oxygen atoms in total. The van der Waals surface area contributed by atoms with E-state index in [1.165, 1.54) is 86.2 Å². The first-order valence-corrected chi connectivity index (χ1v) is 19.2. The number of anilines is 3. The minimum Gasteiger partial charge on any atom is -0.310 e. The van der Waals surface area contributed by atoms with Gasteiger partial charge in [0.1, 0.15) is 0 Å². The Bertz CT molecular complexity index is 3090. The lowest BCUT2D eigenvalue weighted by Crippen LogP contribution is -2.25. The molecule has 0 unspecified atom stereocenters. The third-order valence-electron chi connectivity index (χ3n) is 11.8. The fourth-order valence-corrected chi connectivity index (χ4v) is 10.7. The minimum atomic E-state index is -0.407. The second-order valence-corrected chi connectivity index (χ2v) is 15.5. The molecule has 0 atom stereocenters. The second kappa shape index (κ2) is 10.8. The molecule has 246 valence electrons. The SMILES string of the molecule is c1ccc(N(c2ccc3cc4c(cc3c2)C2(c3ccccc3-c3ccccc32)c2cc3ccccc3cc2-4)c2ccc3sc4ccccc4c3c2)cc1. The van der Waals surface area contributed by atoms with Gasteiger partial charge in [-0.15, -0.1) is 11.3 Å². The van der Waals surface area contributed by atoms with Crippen molar-refractivity contribution in [1.82, 2.24) is 0 Å². The molecule has 0 fully saturated rings. The van der Waals surface area contributed by atoms with Gasteiger partial charge < -0.3 is 4.90 Å². The number of nitrogens with zero attached hydrogens (tertiary/aromatic N) is 1. The number of fused-ring (bicyclic) bond motifs is 15. The van der Waals surface area contributed by atoms with Gasteiger partial charge in [-0.1, -0.05) is 115 Å². The molecule has 2 aliphatic rings. The Balaban J connectivity index is 1.12. The number of benzene rings is 9. The van der Waals surface area contributed by atoms with Crippen LogP contribution in [0.4, 0.5) is 17.1 Å². The monoisotopic (exact) mass is 689 g/mol. The van der Waals surface area contributed by atoms with Gasteiger partial charge >= 0.3 is 0 Å². The largest absolute Gasteiger partial charge is 0.310 e. The normalized spacial score (nSPS) is 13.4. The van der Waals surface area contributed by atoms with E-state index >= 15 is 0 Å². The van der Waals surface area contributed by atoms with Crippen LogP contribution in [0.2, 0.25) is 0 Å². The molecule has 0 aliphatic heterocycles. The Morgan fingerprint density at radius 2 is 0.868 bits per heavy atom. The maximum atomic E-state index is 2.51. The van der Waals surface area contributed by atoms with Crippen LogP contribution in [0.3, 0.4) is 0 Å². The van der Waals surface area contributed by atoms with Crippen LogP contribution in [-0.2, 0) is 5.41 Å². The molecule has 53 heavy (non-hydrogen) atoms. The fourth-order valence-electron chi connectivity index (χ4n) is 9.57. The number of hydrogen-bond donors (Lipinski definition) is 0. The van der Waals surface area contributed by atoms with Crippen LogP contribution >= 0.6 is 11.3 Å². The van der Waals surface area contributed by atoms with E-state index in [1.54, 1.807) is 0 Å². The zero-order chi connectivity index (χ0) is 34.7. The van der Waals surface area contributed by atoms with E-state index in [9.17, 15) is 0 Å². The highest BCUT2D eigenvalue weighted by atomic mass is 32.1. The number of hydrogen-bond acceptors (Lipinski definition) is 2. The van der Waals surface area contributed by atoms with Crippen molar-refractivity contribution < 1.29 is 0 Å². The first-order chi connectivity index (χ1) is 26.3. The molecule has 0 amide bonds. The Morgan fingerprint density at radius 3 is 1.62 bits per heavy atom. The van der Waals surface area contributed by atoms with E-state index in [0.29, 0.717) is 0 Å². The van der Waals surface area contributed by atoms with E-state index in [2.05, 4.69) is 193 Å². The third-order valence-corrected chi connectivity index (χ3v) is 12.9. The molecule has 0 saturated heterocycles. The molecule has 0 N–H and O–H groups in total. The summed E-state index contributed by atoms with van der Waals surface area (Å²) < 4.78 is 2.63. The molecule has 1 spiro atoms. The van der Waals surface area contributed by atoms with Crippen molar-refractivity contribution in [3.05, 3.63) is 210 Å². The number of rotatable bonds is 3. The van der Waals surface area contributed by atoms with Crippen LogP contribution in [0.25, 0.3) is 64.0 Å². The Hall–Kier alpha value is -6.48. The van der Waals surface area contributed by atoms with Gasteiger partial charge in [-0.25, -0.2) is 0 Å². The van der Waals surface area contributed by atoms with Gasteiger partial charge in [0.2, 0.25) is 0 Å². The Kier molecular flexibility index (Phi) is 5.92. The van der Waals surface area contributed by atoms with Gasteiger partial charge in [-0.05, 0) is 139 Å². The van der Waals surface area contributed by atoms with Gasteiger partial charge in [0.15, 0.2) is 0 Å². The van der Waals surface area contributed by atoms with Crippen molar-refractivity contribution in [1.29, 1.82) is 0 Å². The summed E-state index contributed by atoms with van der Waals surface area (Å²) in [5, 5.41) is 7.65. The fraction of sp³-hybridized carbons (Fsp3) is 0.0196. The zero-order valence-electron chi connectivity index (χ0n) is 28.8. The van der Waals surface area contributed by atoms with E-state index in [1.807, 2.05) is 11.3 Å². The van der Waals surface area contributed by atoms with E-state index < -0.39 is 5.41 Å². The molecular weight excluding hydrogens is 659 g/mol. The van der Waals surface area contributed by atoms with E-state index in [4.69, 9.17) is 0 Å². The van der Waals surface area contributed by atoms with Crippen LogP contribution in [-0.4, -0.2) is 0 Å². The summed E-state index contributed by atoms with van der Waals surface area (Å²) in [6, 6.07) is 70.4. The zero-order valence-corrected chi connectivity index (χ0v) is 29.6. The van der Waals surface area contributed by atoms with Crippen LogP contribution < -0.4 is 4.90 Å². The quantitative estimate of drug-likeness (QED) is 0.178. The maximum absolute atomic E-state index is 2.51. The van der Waals surface area contributed by atoms with Crippen LogP contribution in [0.5, 0.6) is 0 Å². The smallest absolute Gasteiger partial charge is 0.0725 e. The van der Waals surface area contributed by atoms with Gasteiger partial charge in [0, 0.05) is 37.2 Å². The third kappa shape index (κ3) is 3.96. The first kappa shape index (κ1) is 29.1. The van der Waals surface area contributed by atoms with Gasteiger partial charge in [0.05, 0.1) is 5.41 Å². The van der Waals surface area contributed by atoms with Crippen molar-refractivity contribution in [3.63, 3.8) is 0 Å². The highest BCUT2D eigenvalue weighted by Gasteiger charge is 2.51. The summed E-state index contributed by atoms with van der Waals surface area (Å²) in [7, 11) is 0. The first-order valence-electron chi connectivity index (χ1n) is 18.3. The highest BCUT2D eigenvalue weighted by Crippen LogP contribution is 2.63.